The van der Waals surface area contributed by atoms with E-state index in [9.17, 15) is 0 Å². The summed E-state index contributed by atoms with van der Waals surface area (Å²) >= 11 is 0. The lowest BCUT2D eigenvalue weighted by Crippen LogP contribution is -2.23. The lowest BCUT2D eigenvalue weighted by atomic mass is 10.3. The summed E-state index contributed by atoms with van der Waals surface area (Å²) in [5, 5.41) is 0. The molecule has 1 aliphatic rings. The summed E-state index contributed by atoms with van der Waals surface area (Å²) in [6, 6.07) is 5.71. The van der Waals surface area contributed by atoms with E-state index >= 15 is 0 Å². The maximum Gasteiger partial charge on any atom is 0.131 e. The third-order valence-corrected chi connectivity index (χ3v) is 2.56. The fourth-order valence-corrected chi connectivity index (χ4v) is 1.74. The van der Waals surface area contributed by atoms with E-state index in [2.05, 4.69) is 9.88 Å². The minimum Gasteiger partial charge on any atom is -0.384 e. The standard InChI is InChI=1S/C10H15N3O/c1-14-8-5-6-13(7-8)10-4-2-3-9(11)12-10/h2-4,8H,5-7H2,1H3,(H2,11,12)/t8-/m0/s1. The van der Waals surface area contributed by atoms with Crippen LogP contribution >= 0.6 is 0 Å². The second-order valence-electron chi connectivity index (χ2n) is 3.51. The Kier molecular flexibility index (Phi) is 2.54. The Morgan fingerprint density at radius 2 is 2.43 bits per heavy atom. The van der Waals surface area contributed by atoms with Gasteiger partial charge in [0.2, 0.25) is 0 Å². The maximum absolute atomic E-state index is 5.62. The average Bonchev–Trinajstić information content (AvgIpc) is 2.66. The summed E-state index contributed by atoms with van der Waals surface area (Å²) < 4.78 is 5.29. The highest BCUT2D eigenvalue weighted by molar-refractivity contribution is 5.45. The van der Waals surface area contributed by atoms with Crippen molar-refractivity contribution in [3.8, 4) is 0 Å². The van der Waals surface area contributed by atoms with Crippen molar-refractivity contribution >= 4 is 11.6 Å². The van der Waals surface area contributed by atoms with Gasteiger partial charge in [0.1, 0.15) is 11.6 Å². The molecule has 0 spiro atoms. The van der Waals surface area contributed by atoms with E-state index in [4.69, 9.17) is 10.5 Å². The van der Waals surface area contributed by atoms with Crippen molar-refractivity contribution in [2.24, 2.45) is 0 Å². The summed E-state index contributed by atoms with van der Waals surface area (Å²) in [4.78, 5) is 6.47. The van der Waals surface area contributed by atoms with Gasteiger partial charge in [0.05, 0.1) is 6.10 Å². The van der Waals surface area contributed by atoms with Crippen molar-refractivity contribution in [3.63, 3.8) is 0 Å². The third-order valence-electron chi connectivity index (χ3n) is 2.56. The Morgan fingerprint density at radius 3 is 3.07 bits per heavy atom. The number of nitrogens with two attached hydrogens (primary N) is 1. The molecule has 2 heterocycles. The Balaban J connectivity index is 2.09. The Hall–Kier alpha value is -1.29. The van der Waals surface area contributed by atoms with Gasteiger partial charge >= 0.3 is 0 Å². The van der Waals surface area contributed by atoms with Crippen molar-refractivity contribution in [1.29, 1.82) is 0 Å². The van der Waals surface area contributed by atoms with Crippen LogP contribution in [0.25, 0.3) is 0 Å². The molecule has 0 bridgehead atoms. The molecule has 4 nitrogen and oxygen atoms in total. The van der Waals surface area contributed by atoms with Crippen molar-refractivity contribution in [2.75, 3.05) is 30.8 Å². The van der Waals surface area contributed by atoms with Gasteiger partial charge < -0.3 is 15.4 Å². The summed E-state index contributed by atoms with van der Waals surface area (Å²) in [5.41, 5.74) is 5.62. The number of ether oxygens (including phenoxy) is 1. The van der Waals surface area contributed by atoms with Crippen LogP contribution in [-0.4, -0.2) is 31.3 Å². The molecule has 2 N–H and O–H groups in total. The summed E-state index contributed by atoms with van der Waals surface area (Å²) in [6.45, 7) is 1.90. The van der Waals surface area contributed by atoms with Crippen LogP contribution in [0.1, 0.15) is 6.42 Å². The summed E-state index contributed by atoms with van der Waals surface area (Å²) in [5.74, 6) is 1.52. The Bertz CT molecular complexity index is 316. The molecule has 1 saturated heterocycles. The van der Waals surface area contributed by atoms with Crippen molar-refractivity contribution in [1.82, 2.24) is 4.98 Å². The van der Waals surface area contributed by atoms with E-state index < -0.39 is 0 Å². The van der Waals surface area contributed by atoms with E-state index in [1.54, 1.807) is 13.2 Å². The number of anilines is 2. The topological polar surface area (TPSA) is 51.4 Å². The second-order valence-corrected chi connectivity index (χ2v) is 3.51. The van der Waals surface area contributed by atoms with Gasteiger partial charge in [-0.25, -0.2) is 4.98 Å². The first-order valence-electron chi connectivity index (χ1n) is 4.80. The van der Waals surface area contributed by atoms with Gasteiger partial charge in [0.25, 0.3) is 0 Å². The molecule has 2 rings (SSSR count). The van der Waals surface area contributed by atoms with Crippen LogP contribution in [0.15, 0.2) is 18.2 Å². The second kappa shape index (κ2) is 3.84. The first-order valence-corrected chi connectivity index (χ1v) is 4.80. The molecule has 0 aliphatic carbocycles. The van der Waals surface area contributed by atoms with Crippen molar-refractivity contribution in [2.45, 2.75) is 12.5 Å². The number of rotatable bonds is 2. The molecule has 0 radical (unpaired) electrons. The number of aromatic nitrogens is 1. The van der Waals surface area contributed by atoms with Crippen LogP contribution in [0.5, 0.6) is 0 Å². The minimum absolute atomic E-state index is 0.332. The van der Waals surface area contributed by atoms with Gasteiger partial charge in [-0.3, -0.25) is 0 Å². The molecule has 1 aromatic rings. The predicted molar refractivity (Wildman–Crippen MR) is 56.3 cm³/mol. The highest BCUT2D eigenvalue weighted by Gasteiger charge is 2.22. The zero-order valence-corrected chi connectivity index (χ0v) is 8.31. The molecule has 0 unspecified atom stereocenters. The predicted octanol–water partition coefficient (Wildman–Crippen LogP) is 0.889. The van der Waals surface area contributed by atoms with Crippen LogP contribution in [0.2, 0.25) is 0 Å². The summed E-state index contributed by atoms with van der Waals surface area (Å²) in [6.07, 6.45) is 1.39. The SMILES string of the molecule is CO[C@H]1CCN(c2cccc(N)n2)C1. The van der Waals surface area contributed by atoms with Gasteiger partial charge in [0.15, 0.2) is 0 Å². The minimum atomic E-state index is 0.332. The lowest BCUT2D eigenvalue weighted by Gasteiger charge is -2.16. The number of hydrogen-bond donors (Lipinski definition) is 1. The molecule has 1 fully saturated rings. The first kappa shape index (κ1) is 9.27. The van der Waals surface area contributed by atoms with E-state index in [1.807, 2.05) is 12.1 Å². The van der Waals surface area contributed by atoms with Gasteiger partial charge in [-0.15, -0.1) is 0 Å². The zero-order valence-electron chi connectivity index (χ0n) is 8.31. The molecule has 0 amide bonds. The number of hydrogen-bond acceptors (Lipinski definition) is 4. The molecular weight excluding hydrogens is 178 g/mol. The van der Waals surface area contributed by atoms with Gasteiger partial charge in [-0.05, 0) is 18.6 Å². The normalized spacial score (nSPS) is 21.5. The first-order chi connectivity index (χ1) is 6.79. The van der Waals surface area contributed by atoms with Gasteiger partial charge in [-0.1, -0.05) is 6.07 Å². The van der Waals surface area contributed by atoms with Gasteiger partial charge in [0, 0.05) is 20.2 Å². The van der Waals surface area contributed by atoms with E-state index in [-0.39, 0.29) is 0 Å². The van der Waals surface area contributed by atoms with Crippen molar-refractivity contribution < 1.29 is 4.74 Å². The molecule has 14 heavy (non-hydrogen) atoms. The van der Waals surface area contributed by atoms with E-state index in [0.717, 1.165) is 25.3 Å². The molecule has 0 aromatic carbocycles. The largest absolute Gasteiger partial charge is 0.384 e. The maximum atomic E-state index is 5.62. The van der Waals surface area contributed by atoms with E-state index in [1.165, 1.54) is 0 Å². The Labute approximate surface area is 83.7 Å². The fourth-order valence-electron chi connectivity index (χ4n) is 1.74. The quantitative estimate of drug-likeness (QED) is 0.757. The van der Waals surface area contributed by atoms with Crippen LogP contribution in [-0.2, 0) is 4.74 Å². The number of methoxy groups -OCH3 is 1. The molecule has 76 valence electrons. The highest BCUT2D eigenvalue weighted by atomic mass is 16.5. The van der Waals surface area contributed by atoms with Crippen LogP contribution in [0, 0.1) is 0 Å². The number of nitrogen functional groups attached to an aromatic ring is 1. The fraction of sp³-hybridized carbons (Fsp3) is 0.500. The summed E-state index contributed by atoms with van der Waals surface area (Å²) in [7, 11) is 1.75. The van der Waals surface area contributed by atoms with Gasteiger partial charge in [-0.2, -0.15) is 0 Å². The van der Waals surface area contributed by atoms with Crippen LogP contribution in [0.4, 0.5) is 11.6 Å². The Morgan fingerprint density at radius 1 is 1.57 bits per heavy atom. The molecular formula is C10H15N3O. The number of pyridine rings is 1. The van der Waals surface area contributed by atoms with E-state index in [0.29, 0.717) is 11.9 Å². The number of nitrogens with zero attached hydrogens (tertiary/aromatic N) is 2. The molecule has 1 aromatic heterocycles. The smallest absolute Gasteiger partial charge is 0.131 e. The monoisotopic (exact) mass is 193 g/mol. The third kappa shape index (κ3) is 1.80. The molecule has 1 atom stereocenters. The highest BCUT2D eigenvalue weighted by Crippen LogP contribution is 2.19. The average molecular weight is 193 g/mol. The van der Waals surface area contributed by atoms with Crippen LogP contribution < -0.4 is 10.6 Å². The zero-order chi connectivity index (χ0) is 9.97. The van der Waals surface area contributed by atoms with Crippen molar-refractivity contribution in [3.05, 3.63) is 18.2 Å². The lowest BCUT2D eigenvalue weighted by molar-refractivity contribution is 0.121. The molecule has 0 saturated carbocycles. The van der Waals surface area contributed by atoms with Crippen LogP contribution in [0.3, 0.4) is 0 Å². The molecule has 4 heteroatoms. The molecule has 1 aliphatic heterocycles.